The SMILES string of the molecule is c1ccc(-c2ccc(N(c3ccc4oc5ccccc5c4c3)c3ccc(-c4ccccc4)c4sc5ccccc5c34)cc2)cc1. The topological polar surface area (TPSA) is 16.4 Å². The summed E-state index contributed by atoms with van der Waals surface area (Å²) in [4.78, 5) is 2.41. The van der Waals surface area contributed by atoms with Gasteiger partial charge in [-0.2, -0.15) is 0 Å². The maximum Gasteiger partial charge on any atom is 0.135 e. The lowest BCUT2D eigenvalue weighted by atomic mass is 9.99. The van der Waals surface area contributed by atoms with Crippen LogP contribution in [0.5, 0.6) is 0 Å². The Bertz CT molecular complexity index is 2470. The Kier molecular flexibility index (Phi) is 6.03. The average molecular weight is 594 g/mol. The predicted octanol–water partition coefficient (Wildman–Crippen LogP) is 12.8. The number of anilines is 3. The highest BCUT2D eigenvalue weighted by molar-refractivity contribution is 7.26. The fourth-order valence-corrected chi connectivity index (χ4v) is 7.82. The van der Waals surface area contributed by atoms with Gasteiger partial charge in [-0.1, -0.05) is 115 Å². The second-order valence-corrected chi connectivity index (χ2v) is 12.4. The quantitative estimate of drug-likeness (QED) is 0.197. The molecule has 0 aliphatic carbocycles. The van der Waals surface area contributed by atoms with Gasteiger partial charge in [0, 0.05) is 42.3 Å². The van der Waals surface area contributed by atoms with E-state index in [9.17, 15) is 0 Å². The van der Waals surface area contributed by atoms with Crippen LogP contribution in [-0.4, -0.2) is 0 Å². The standard InChI is InChI=1S/C42H27NOS/c1-3-11-28(12-4-1)29-19-21-31(22-20-29)43(32-23-26-39-36(27-32)34-15-7-9-17-38(34)44-39)37-25-24-33(30-13-5-2-6-14-30)42-41(37)35-16-8-10-18-40(35)45-42/h1-27H. The van der Waals surface area contributed by atoms with E-state index in [1.807, 2.05) is 23.5 Å². The lowest BCUT2D eigenvalue weighted by Crippen LogP contribution is -2.10. The summed E-state index contributed by atoms with van der Waals surface area (Å²) in [6, 6.07) is 58.4. The van der Waals surface area contributed by atoms with E-state index >= 15 is 0 Å². The molecule has 0 aliphatic heterocycles. The van der Waals surface area contributed by atoms with Crippen molar-refractivity contribution in [1.82, 2.24) is 0 Å². The largest absolute Gasteiger partial charge is 0.456 e. The molecule has 0 N–H and O–H groups in total. The Hall–Kier alpha value is -5.64. The lowest BCUT2D eigenvalue weighted by Gasteiger charge is -2.27. The van der Waals surface area contributed by atoms with E-state index in [1.54, 1.807) is 0 Å². The molecule has 2 nitrogen and oxygen atoms in total. The normalized spacial score (nSPS) is 11.6. The van der Waals surface area contributed by atoms with Crippen molar-refractivity contribution < 1.29 is 4.42 Å². The summed E-state index contributed by atoms with van der Waals surface area (Å²) in [5.41, 5.74) is 10.0. The Morgan fingerprint density at radius 2 is 1.07 bits per heavy atom. The Morgan fingerprint density at radius 1 is 0.444 bits per heavy atom. The van der Waals surface area contributed by atoms with Crippen LogP contribution in [0.1, 0.15) is 0 Å². The number of hydrogen-bond acceptors (Lipinski definition) is 3. The molecule has 7 aromatic carbocycles. The smallest absolute Gasteiger partial charge is 0.135 e. The van der Waals surface area contributed by atoms with Gasteiger partial charge >= 0.3 is 0 Å². The molecule has 9 aromatic rings. The first-order chi connectivity index (χ1) is 22.3. The molecule has 0 saturated carbocycles. The highest BCUT2D eigenvalue weighted by Crippen LogP contribution is 2.49. The van der Waals surface area contributed by atoms with E-state index in [0.29, 0.717) is 0 Å². The summed E-state index contributed by atoms with van der Waals surface area (Å²) in [5, 5.41) is 4.77. The van der Waals surface area contributed by atoms with Gasteiger partial charge in [0.2, 0.25) is 0 Å². The predicted molar refractivity (Wildman–Crippen MR) is 192 cm³/mol. The fraction of sp³-hybridized carbons (Fsp3) is 0. The van der Waals surface area contributed by atoms with Crippen LogP contribution in [0.3, 0.4) is 0 Å². The summed E-state index contributed by atoms with van der Waals surface area (Å²) in [5.74, 6) is 0. The number of nitrogens with zero attached hydrogens (tertiary/aromatic N) is 1. The molecule has 0 saturated heterocycles. The maximum absolute atomic E-state index is 6.23. The first-order valence-electron chi connectivity index (χ1n) is 15.2. The first kappa shape index (κ1) is 25.8. The molecule has 2 heterocycles. The summed E-state index contributed by atoms with van der Waals surface area (Å²) in [6.45, 7) is 0. The molecule has 3 heteroatoms. The van der Waals surface area contributed by atoms with E-state index in [1.165, 1.54) is 42.4 Å². The van der Waals surface area contributed by atoms with E-state index in [4.69, 9.17) is 4.42 Å². The fourth-order valence-electron chi connectivity index (χ4n) is 6.56. The second kappa shape index (κ2) is 10.5. The van der Waals surface area contributed by atoms with Gasteiger partial charge in [-0.25, -0.2) is 0 Å². The van der Waals surface area contributed by atoms with Crippen molar-refractivity contribution in [1.29, 1.82) is 0 Å². The minimum absolute atomic E-state index is 0.893. The van der Waals surface area contributed by atoms with Crippen LogP contribution in [-0.2, 0) is 0 Å². The third-order valence-corrected chi connectivity index (χ3v) is 9.89. The number of rotatable bonds is 5. The van der Waals surface area contributed by atoms with Crippen molar-refractivity contribution in [3.8, 4) is 22.3 Å². The monoisotopic (exact) mass is 593 g/mol. The number of benzene rings is 7. The highest BCUT2D eigenvalue weighted by atomic mass is 32.1. The third-order valence-electron chi connectivity index (χ3n) is 8.68. The van der Waals surface area contributed by atoms with Gasteiger partial charge < -0.3 is 9.32 Å². The van der Waals surface area contributed by atoms with E-state index in [-0.39, 0.29) is 0 Å². The average Bonchev–Trinajstić information content (AvgIpc) is 3.68. The third kappa shape index (κ3) is 4.32. The molecule has 45 heavy (non-hydrogen) atoms. The van der Waals surface area contributed by atoms with Crippen LogP contribution >= 0.6 is 11.3 Å². The van der Waals surface area contributed by atoms with Crippen LogP contribution in [0, 0.1) is 0 Å². The molecule has 0 atom stereocenters. The van der Waals surface area contributed by atoms with Crippen LogP contribution in [0.25, 0.3) is 64.4 Å². The molecule has 2 aromatic heterocycles. The van der Waals surface area contributed by atoms with Crippen LogP contribution in [0.4, 0.5) is 17.1 Å². The van der Waals surface area contributed by atoms with Crippen molar-refractivity contribution in [3.05, 3.63) is 164 Å². The zero-order valence-electron chi connectivity index (χ0n) is 24.4. The molecular weight excluding hydrogens is 567 g/mol. The molecule has 0 radical (unpaired) electrons. The van der Waals surface area contributed by atoms with Crippen molar-refractivity contribution in [2.24, 2.45) is 0 Å². The van der Waals surface area contributed by atoms with Gasteiger partial charge in [0.05, 0.1) is 5.69 Å². The maximum atomic E-state index is 6.23. The molecule has 0 spiro atoms. The van der Waals surface area contributed by atoms with Gasteiger partial charge in [-0.05, 0) is 70.8 Å². The van der Waals surface area contributed by atoms with Gasteiger partial charge in [0.25, 0.3) is 0 Å². The number of furan rings is 1. The molecule has 212 valence electrons. The van der Waals surface area contributed by atoms with Crippen molar-refractivity contribution >= 4 is 70.5 Å². The molecule has 0 amide bonds. The molecule has 9 rings (SSSR count). The van der Waals surface area contributed by atoms with Gasteiger partial charge in [0.15, 0.2) is 0 Å². The Morgan fingerprint density at radius 3 is 1.87 bits per heavy atom. The minimum Gasteiger partial charge on any atom is -0.456 e. The zero-order valence-corrected chi connectivity index (χ0v) is 25.2. The molecular formula is C42H27NOS. The summed E-state index contributed by atoms with van der Waals surface area (Å²) in [7, 11) is 0. The van der Waals surface area contributed by atoms with Crippen LogP contribution in [0.15, 0.2) is 168 Å². The number of hydrogen-bond donors (Lipinski definition) is 0. The lowest BCUT2D eigenvalue weighted by molar-refractivity contribution is 0.669. The first-order valence-corrected chi connectivity index (χ1v) is 16.0. The molecule has 0 bridgehead atoms. The van der Waals surface area contributed by atoms with Crippen LogP contribution < -0.4 is 4.90 Å². The van der Waals surface area contributed by atoms with E-state index < -0.39 is 0 Å². The minimum atomic E-state index is 0.893. The highest BCUT2D eigenvalue weighted by Gasteiger charge is 2.22. The van der Waals surface area contributed by atoms with Crippen LogP contribution in [0.2, 0.25) is 0 Å². The molecule has 0 fully saturated rings. The summed E-state index contributed by atoms with van der Waals surface area (Å²) < 4.78 is 8.80. The van der Waals surface area contributed by atoms with Crippen molar-refractivity contribution in [2.45, 2.75) is 0 Å². The zero-order chi connectivity index (χ0) is 29.7. The number of para-hydroxylation sites is 1. The van der Waals surface area contributed by atoms with Gasteiger partial charge in [0.1, 0.15) is 11.2 Å². The van der Waals surface area contributed by atoms with E-state index in [2.05, 4.69) is 157 Å². The van der Waals surface area contributed by atoms with Gasteiger partial charge in [-0.3, -0.25) is 0 Å². The second-order valence-electron chi connectivity index (χ2n) is 11.3. The molecule has 0 aliphatic rings. The van der Waals surface area contributed by atoms with Crippen molar-refractivity contribution in [3.63, 3.8) is 0 Å². The van der Waals surface area contributed by atoms with Crippen molar-refractivity contribution in [2.75, 3.05) is 4.90 Å². The number of thiophene rings is 1. The Balaban J connectivity index is 1.32. The summed E-state index contributed by atoms with van der Waals surface area (Å²) in [6.07, 6.45) is 0. The van der Waals surface area contributed by atoms with Gasteiger partial charge in [-0.15, -0.1) is 11.3 Å². The Labute approximate surface area is 265 Å². The summed E-state index contributed by atoms with van der Waals surface area (Å²) >= 11 is 1.87. The van der Waals surface area contributed by atoms with E-state index in [0.717, 1.165) is 39.0 Å². The number of fused-ring (bicyclic) bond motifs is 6. The molecule has 0 unspecified atom stereocenters.